The molecule has 0 spiro atoms. The lowest BCUT2D eigenvalue weighted by Gasteiger charge is -2.40. The quantitative estimate of drug-likeness (QED) is 0.0228. The number of carbonyl (C=O) groups excluding carboxylic acids is 3. The first-order valence-corrected chi connectivity index (χ1v) is 30.6. The highest BCUT2D eigenvalue weighted by Gasteiger charge is 2.50. The second-order valence-corrected chi connectivity index (χ2v) is 21.0. The molecule has 75 heavy (non-hydrogen) atoms. The average molecular weight is 1060 g/mol. The molecule has 434 valence electrons. The number of carboxylic acids is 1. The Kier molecular flexibility index (Phi) is 47.8. The molecule has 1 heterocycles. The number of esters is 3. The molecular weight excluding hydrogens is 949 g/mol. The van der Waals surface area contributed by atoms with Crippen LogP contribution in [0.15, 0.2) is 48.6 Å². The predicted octanol–water partition coefficient (Wildman–Crippen LogP) is 15.8. The lowest BCUT2D eigenvalue weighted by Crippen LogP contribution is -2.61. The molecule has 1 rings (SSSR count). The number of carbonyl (C=O) groups is 4. The Morgan fingerprint density at radius 3 is 1.29 bits per heavy atom. The fourth-order valence-electron chi connectivity index (χ4n) is 9.20. The Morgan fingerprint density at radius 1 is 0.453 bits per heavy atom. The van der Waals surface area contributed by atoms with Crippen LogP contribution in [0.2, 0.25) is 0 Å². The third kappa shape index (κ3) is 41.5. The van der Waals surface area contributed by atoms with Crippen LogP contribution < -0.4 is 0 Å². The largest absolute Gasteiger partial charge is 0.479 e. The molecule has 6 atom stereocenters. The van der Waals surface area contributed by atoms with E-state index in [-0.39, 0.29) is 25.9 Å². The Bertz CT molecular complexity index is 1490. The standard InChI is InChI=1S/C63H110O12/c1-4-7-10-13-16-19-22-24-26-27-28-29-31-32-35-37-40-43-46-49-55(64)71-52-54(73-56(65)50-47-44-41-39-36-33-30-25-23-20-17-14-11-8-5-2)53-72-63-61(59(68)58(67)60(75-63)62(69)70)74-57(66)51-48-45-42-38-34-21-18-15-12-9-6-3/h8,11,17,20,24-26,30,54,58-61,63,67-68H,4-7,9-10,12-16,18-19,21-23,27-29,31-53H2,1-3H3,(H,69,70)/b11-8-,20-17-,26-24-,30-25-. The summed E-state index contributed by atoms with van der Waals surface area (Å²) in [5, 5.41) is 31.5. The summed E-state index contributed by atoms with van der Waals surface area (Å²) in [4.78, 5) is 51.1. The molecule has 0 radical (unpaired) electrons. The van der Waals surface area contributed by atoms with Crippen LogP contribution in [0, 0.1) is 0 Å². The van der Waals surface area contributed by atoms with Crippen LogP contribution in [0.5, 0.6) is 0 Å². The van der Waals surface area contributed by atoms with E-state index in [2.05, 4.69) is 69.4 Å². The van der Waals surface area contributed by atoms with E-state index in [1.54, 1.807) is 0 Å². The Hall–Kier alpha value is -3.32. The van der Waals surface area contributed by atoms with Gasteiger partial charge in [0.05, 0.1) is 6.61 Å². The van der Waals surface area contributed by atoms with Crippen LogP contribution in [0.3, 0.4) is 0 Å². The lowest BCUT2D eigenvalue weighted by molar-refractivity contribution is -0.301. The van der Waals surface area contributed by atoms with Crippen molar-refractivity contribution in [1.82, 2.24) is 0 Å². The average Bonchev–Trinajstić information content (AvgIpc) is 3.39. The van der Waals surface area contributed by atoms with Crippen molar-refractivity contribution in [3.63, 3.8) is 0 Å². The summed E-state index contributed by atoms with van der Waals surface area (Å²) >= 11 is 0. The van der Waals surface area contributed by atoms with Crippen molar-refractivity contribution in [2.24, 2.45) is 0 Å². The lowest BCUT2D eigenvalue weighted by atomic mass is 9.98. The van der Waals surface area contributed by atoms with E-state index in [4.69, 9.17) is 23.7 Å². The highest BCUT2D eigenvalue weighted by molar-refractivity contribution is 5.74. The van der Waals surface area contributed by atoms with Crippen molar-refractivity contribution in [1.29, 1.82) is 0 Å². The fourth-order valence-corrected chi connectivity index (χ4v) is 9.20. The van der Waals surface area contributed by atoms with E-state index < -0.39 is 67.3 Å². The van der Waals surface area contributed by atoms with Crippen LogP contribution in [0.1, 0.15) is 278 Å². The van der Waals surface area contributed by atoms with Crippen LogP contribution in [0.4, 0.5) is 0 Å². The summed E-state index contributed by atoms with van der Waals surface area (Å²) in [7, 11) is 0. The van der Waals surface area contributed by atoms with Gasteiger partial charge in [-0.2, -0.15) is 0 Å². The second kappa shape index (κ2) is 51.4. The van der Waals surface area contributed by atoms with Gasteiger partial charge >= 0.3 is 23.9 Å². The second-order valence-electron chi connectivity index (χ2n) is 21.0. The zero-order valence-electron chi connectivity index (χ0n) is 47.8. The van der Waals surface area contributed by atoms with Gasteiger partial charge in [0.1, 0.15) is 18.8 Å². The van der Waals surface area contributed by atoms with Crippen molar-refractivity contribution in [2.45, 2.75) is 314 Å². The minimum Gasteiger partial charge on any atom is -0.479 e. The first-order valence-electron chi connectivity index (χ1n) is 30.6. The van der Waals surface area contributed by atoms with Gasteiger partial charge in [0.25, 0.3) is 0 Å². The summed E-state index contributed by atoms with van der Waals surface area (Å²) < 4.78 is 28.4. The fraction of sp³-hybridized carbons (Fsp3) is 0.810. The number of hydrogen-bond donors (Lipinski definition) is 3. The number of aliphatic carboxylic acids is 1. The summed E-state index contributed by atoms with van der Waals surface area (Å²) in [6, 6.07) is 0. The maximum absolute atomic E-state index is 13.1. The minimum absolute atomic E-state index is 0.0613. The first kappa shape index (κ1) is 69.7. The molecule has 0 aromatic heterocycles. The molecule has 1 fully saturated rings. The van der Waals surface area contributed by atoms with Crippen LogP contribution in [-0.2, 0) is 42.9 Å². The van der Waals surface area contributed by atoms with E-state index in [1.807, 2.05) is 0 Å². The monoisotopic (exact) mass is 1060 g/mol. The van der Waals surface area contributed by atoms with Crippen molar-refractivity contribution < 1.29 is 58.2 Å². The third-order valence-corrected chi connectivity index (χ3v) is 13.9. The normalized spacial score (nSPS) is 18.4. The molecule has 0 bridgehead atoms. The number of rotatable bonds is 52. The van der Waals surface area contributed by atoms with Crippen LogP contribution in [0.25, 0.3) is 0 Å². The molecule has 0 saturated carbocycles. The van der Waals surface area contributed by atoms with Gasteiger partial charge in [0, 0.05) is 19.3 Å². The number of carboxylic acid groups (broad SMARTS) is 1. The molecule has 12 nitrogen and oxygen atoms in total. The zero-order valence-corrected chi connectivity index (χ0v) is 47.8. The van der Waals surface area contributed by atoms with Gasteiger partial charge in [0.2, 0.25) is 0 Å². The van der Waals surface area contributed by atoms with E-state index in [1.165, 1.54) is 122 Å². The minimum atomic E-state index is -1.90. The Morgan fingerprint density at radius 2 is 0.840 bits per heavy atom. The molecule has 3 N–H and O–H groups in total. The molecule has 1 aliphatic rings. The van der Waals surface area contributed by atoms with Crippen molar-refractivity contribution >= 4 is 23.9 Å². The number of aliphatic hydroxyl groups is 2. The maximum Gasteiger partial charge on any atom is 0.335 e. The molecule has 0 aromatic carbocycles. The molecule has 0 aromatic rings. The van der Waals surface area contributed by atoms with E-state index in [0.717, 1.165) is 96.3 Å². The maximum atomic E-state index is 13.1. The van der Waals surface area contributed by atoms with E-state index in [9.17, 15) is 34.5 Å². The predicted molar refractivity (Wildman–Crippen MR) is 303 cm³/mol. The topological polar surface area (TPSA) is 175 Å². The van der Waals surface area contributed by atoms with E-state index in [0.29, 0.717) is 19.3 Å². The van der Waals surface area contributed by atoms with Gasteiger partial charge in [-0.05, 0) is 77.0 Å². The molecule has 6 unspecified atom stereocenters. The number of hydrogen-bond acceptors (Lipinski definition) is 11. The Balaban J connectivity index is 2.66. The third-order valence-electron chi connectivity index (χ3n) is 13.9. The van der Waals surface area contributed by atoms with Crippen LogP contribution in [-0.4, -0.2) is 89.2 Å². The van der Waals surface area contributed by atoms with Crippen molar-refractivity contribution in [2.75, 3.05) is 13.2 Å². The summed E-state index contributed by atoms with van der Waals surface area (Å²) in [6.45, 7) is 5.87. The molecule has 12 heteroatoms. The molecule has 0 aliphatic carbocycles. The number of unbranched alkanes of at least 4 members (excludes halogenated alkanes) is 30. The van der Waals surface area contributed by atoms with Gasteiger partial charge in [-0.15, -0.1) is 0 Å². The molecule has 1 saturated heterocycles. The summed E-state index contributed by atoms with van der Waals surface area (Å²) in [5.41, 5.74) is 0. The van der Waals surface area contributed by atoms with Gasteiger partial charge in [-0.25, -0.2) is 4.79 Å². The first-order chi connectivity index (χ1) is 36.6. The van der Waals surface area contributed by atoms with Crippen molar-refractivity contribution in [3.8, 4) is 0 Å². The highest BCUT2D eigenvalue weighted by Crippen LogP contribution is 2.27. The molecular formula is C63H110O12. The SMILES string of the molecule is CC/C=C\C/C=C\C/C=C\CCCCCCCC(=O)OC(COC(=O)CCCCCCCCCCC/C=C\CCCCCCCC)COC1OC(C(=O)O)C(O)C(O)C1OC(=O)CCCCCCCCCCCCC. The van der Waals surface area contributed by atoms with Gasteiger partial charge in [-0.3, -0.25) is 14.4 Å². The zero-order chi connectivity index (χ0) is 54.7. The number of ether oxygens (including phenoxy) is 5. The molecule has 0 amide bonds. The summed E-state index contributed by atoms with van der Waals surface area (Å²) in [6.07, 6.45) is 49.4. The number of allylic oxidation sites excluding steroid dienone is 8. The highest BCUT2D eigenvalue weighted by atomic mass is 16.7. The van der Waals surface area contributed by atoms with Gasteiger partial charge in [0.15, 0.2) is 24.6 Å². The Labute approximate surface area is 456 Å². The van der Waals surface area contributed by atoms with Crippen molar-refractivity contribution in [3.05, 3.63) is 48.6 Å². The summed E-state index contributed by atoms with van der Waals surface area (Å²) in [5.74, 6) is -3.13. The molecule has 1 aliphatic heterocycles. The van der Waals surface area contributed by atoms with Gasteiger partial charge < -0.3 is 39.0 Å². The van der Waals surface area contributed by atoms with Crippen LogP contribution >= 0.6 is 0 Å². The van der Waals surface area contributed by atoms with Gasteiger partial charge in [-0.1, -0.05) is 230 Å². The van der Waals surface area contributed by atoms with E-state index >= 15 is 0 Å². The number of aliphatic hydroxyl groups excluding tert-OH is 2. The smallest absolute Gasteiger partial charge is 0.335 e.